The van der Waals surface area contributed by atoms with Gasteiger partial charge in [-0.15, -0.1) is 11.6 Å². The second-order valence-electron chi connectivity index (χ2n) is 16.5. The van der Waals surface area contributed by atoms with Crippen LogP contribution >= 0.6 is 11.6 Å². The maximum absolute atomic E-state index is 14.4. The summed E-state index contributed by atoms with van der Waals surface area (Å²) in [7, 11) is 3.52. The van der Waals surface area contributed by atoms with Crippen molar-refractivity contribution in [2.45, 2.75) is 75.8 Å². The Hall–Kier alpha value is -5.09. The maximum atomic E-state index is 14.4. The first-order valence-corrected chi connectivity index (χ1v) is 22.3. The van der Waals surface area contributed by atoms with Crippen LogP contribution in [0.25, 0.3) is 10.8 Å². The molecule has 3 aromatic rings. The number of piperidine rings is 1. The summed E-state index contributed by atoms with van der Waals surface area (Å²) in [4.78, 5) is 64.7. The molecule has 3 aromatic carbocycles. The summed E-state index contributed by atoms with van der Waals surface area (Å²) in [5.41, 5.74) is 2.15. The summed E-state index contributed by atoms with van der Waals surface area (Å²) >= 11 is 6.54. The molecule has 3 fully saturated rings. The van der Waals surface area contributed by atoms with Crippen LogP contribution < -0.4 is 24.0 Å². The van der Waals surface area contributed by atoms with E-state index in [9.17, 15) is 19.2 Å². The van der Waals surface area contributed by atoms with Gasteiger partial charge in [-0.25, -0.2) is 14.5 Å². The summed E-state index contributed by atoms with van der Waals surface area (Å²) < 4.78 is 36.4. The van der Waals surface area contributed by atoms with E-state index in [1.807, 2.05) is 31.3 Å². The number of likely N-dealkylation sites (N-methyl/N-ethyl adjacent to an activating group) is 1. The third-order valence-corrected chi connectivity index (χ3v) is 12.9. The number of alkyl halides is 1. The van der Waals surface area contributed by atoms with Crippen molar-refractivity contribution >= 4 is 57.7 Å². The SMILES string of the molecule is C=CCOC(=O)N1c2cc(OCCCC(=O)N3C[C@@H](CCl)c4c3cc(OC(=O)N3CCN(C)CC3)c3ccccc43)c(OC)cc2C(=O)N2CCCC[C@H]2[C@@H]1OC1CCCCO1. The molecule has 0 aliphatic carbocycles. The third kappa shape index (κ3) is 8.90. The number of fused-ring (bicyclic) bond motifs is 5. The summed E-state index contributed by atoms with van der Waals surface area (Å²) in [5.74, 6) is 0.786. The van der Waals surface area contributed by atoms with Gasteiger partial charge in [0.2, 0.25) is 5.91 Å². The zero-order valence-electron chi connectivity index (χ0n) is 35.6. The van der Waals surface area contributed by atoms with Gasteiger partial charge >= 0.3 is 12.2 Å². The van der Waals surface area contributed by atoms with Crippen molar-refractivity contribution in [3.63, 3.8) is 0 Å². The van der Waals surface area contributed by atoms with Gasteiger partial charge < -0.3 is 48.0 Å². The highest BCUT2D eigenvalue weighted by molar-refractivity contribution is 6.19. The number of anilines is 2. The first kappa shape index (κ1) is 43.6. The average Bonchev–Trinajstić information content (AvgIpc) is 3.64. The van der Waals surface area contributed by atoms with E-state index in [2.05, 4.69) is 11.5 Å². The van der Waals surface area contributed by atoms with Gasteiger partial charge in [-0.3, -0.25) is 9.59 Å². The predicted molar refractivity (Wildman–Crippen MR) is 234 cm³/mol. The Morgan fingerprint density at radius 1 is 0.919 bits per heavy atom. The van der Waals surface area contributed by atoms with E-state index in [-0.39, 0.29) is 54.4 Å². The molecule has 8 rings (SSSR count). The highest BCUT2D eigenvalue weighted by Gasteiger charge is 2.47. The van der Waals surface area contributed by atoms with E-state index < -0.39 is 30.7 Å². The minimum absolute atomic E-state index is 0.0421. The molecule has 0 bridgehead atoms. The molecule has 15 nitrogen and oxygen atoms in total. The second kappa shape index (κ2) is 19.5. The number of nitrogens with zero attached hydrogens (tertiary/aromatic N) is 5. The number of carbonyl (C=O) groups excluding carboxylic acids is 4. The lowest BCUT2D eigenvalue weighted by molar-refractivity contribution is -0.198. The van der Waals surface area contributed by atoms with Gasteiger partial charge in [0.1, 0.15) is 12.4 Å². The minimum atomic E-state index is -0.895. The smallest absolute Gasteiger partial charge is 0.416 e. The Bertz CT molecular complexity index is 2160. The Morgan fingerprint density at radius 3 is 2.44 bits per heavy atom. The molecule has 4 atom stereocenters. The second-order valence-corrected chi connectivity index (χ2v) is 16.8. The molecule has 62 heavy (non-hydrogen) atoms. The van der Waals surface area contributed by atoms with E-state index in [0.29, 0.717) is 75.1 Å². The maximum Gasteiger partial charge on any atom is 0.416 e. The topological polar surface area (TPSA) is 140 Å². The molecular formula is C46H56ClN5O10. The molecule has 0 radical (unpaired) electrons. The van der Waals surface area contributed by atoms with E-state index in [1.54, 1.807) is 32.9 Å². The van der Waals surface area contributed by atoms with Crippen LogP contribution in [-0.2, 0) is 19.0 Å². The Labute approximate surface area is 367 Å². The van der Waals surface area contributed by atoms with E-state index in [0.717, 1.165) is 55.1 Å². The molecule has 332 valence electrons. The first-order chi connectivity index (χ1) is 30.2. The summed E-state index contributed by atoms with van der Waals surface area (Å²) in [6.45, 7) is 7.88. The molecule has 4 amide bonds. The fourth-order valence-corrected chi connectivity index (χ4v) is 9.49. The van der Waals surface area contributed by atoms with Crippen LogP contribution in [0.4, 0.5) is 21.0 Å². The van der Waals surface area contributed by atoms with E-state index >= 15 is 0 Å². The zero-order valence-corrected chi connectivity index (χ0v) is 36.3. The molecule has 5 heterocycles. The number of rotatable bonds is 12. The molecule has 5 aliphatic heterocycles. The number of halogens is 1. The molecule has 0 aromatic heterocycles. The van der Waals surface area contributed by atoms with Gasteiger partial charge in [0.15, 0.2) is 24.0 Å². The van der Waals surface area contributed by atoms with Gasteiger partial charge in [0, 0.05) is 81.6 Å². The van der Waals surface area contributed by atoms with Crippen molar-refractivity contribution in [1.82, 2.24) is 14.7 Å². The van der Waals surface area contributed by atoms with Crippen molar-refractivity contribution in [2.24, 2.45) is 0 Å². The summed E-state index contributed by atoms with van der Waals surface area (Å²) in [6.07, 6.45) is 4.20. The van der Waals surface area contributed by atoms with Crippen molar-refractivity contribution in [3.8, 4) is 17.2 Å². The van der Waals surface area contributed by atoms with Crippen molar-refractivity contribution in [1.29, 1.82) is 0 Å². The van der Waals surface area contributed by atoms with Crippen LogP contribution in [0.1, 0.15) is 73.2 Å². The number of methoxy groups -OCH3 is 1. The number of ether oxygens (including phenoxy) is 6. The molecular weight excluding hydrogens is 818 g/mol. The molecule has 16 heteroatoms. The highest BCUT2D eigenvalue weighted by atomic mass is 35.5. The van der Waals surface area contributed by atoms with Crippen LogP contribution in [-0.4, -0.2) is 136 Å². The fourth-order valence-electron chi connectivity index (χ4n) is 9.24. The molecule has 0 spiro atoms. The number of piperazine rings is 1. The van der Waals surface area contributed by atoms with Gasteiger partial charge in [0.25, 0.3) is 5.91 Å². The Balaban J connectivity index is 1.03. The van der Waals surface area contributed by atoms with Gasteiger partial charge in [-0.05, 0) is 69.0 Å². The van der Waals surface area contributed by atoms with Gasteiger partial charge in [0.05, 0.1) is 36.7 Å². The normalized spacial score (nSPS) is 22.7. The largest absolute Gasteiger partial charge is 0.493 e. The number of hydrogen-bond donors (Lipinski definition) is 0. The third-order valence-electron chi connectivity index (χ3n) is 12.5. The van der Waals surface area contributed by atoms with Crippen molar-refractivity contribution < 1.29 is 47.6 Å². The quantitative estimate of drug-likeness (QED) is 0.104. The van der Waals surface area contributed by atoms with Crippen molar-refractivity contribution in [3.05, 3.63) is 66.2 Å². The van der Waals surface area contributed by atoms with Crippen LogP contribution in [0.3, 0.4) is 0 Å². The highest BCUT2D eigenvalue weighted by Crippen LogP contribution is 2.46. The van der Waals surface area contributed by atoms with E-state index in [1.165, 1.54) is 18.1 Å². The lowest BCUT2D eigenvalue weighted by atomic mass is 9.95. The molecule has 1 unspecified atom stereocenters. The van der Waals surface area contributed by atoms with Crippen LogP contribution in [0, 0.1) is 0 Å². The number of amides is 4. The molecule has 3 saturated heterocycles. The standard InChI is InChI=1S/C46H56ClN5O10/c1-4-22-60-46(56)52-35-26-39(38(57-3)25-33(35)43(54)50-17-9-7-14-34(50)44(52)62-41-16-8-10-23-59-41)58-24-11-15-40(53)51-29-30(28-47)42-32-13-6-5-12-31(32)37(27-36(42)51)61-45(55)49-20-18-48(2)19-21-49/h4-6,12-13,25-27,30,34,41,44H,1,7-11,14-24,28-29H2,2-3H3/t30-,34+,41?,44+/m1/s1. The molecule has 5 aliphatic rings. The molecule has 0 N–H and O–H groups in total. The van der Waals surface area contributed by atoms with Gasteiger partial charge in [-0.2, -0.15) is 0 Å². The minimum Gasteiger partial charge on any atom is -0.493 e. The first-order valence-electron chi connectivity index (χ1n) is 21.8. The Kier molecular flexibility index (Phi) is 13.7. The summed E-state index contributed by atoms with van der Waals surface area (Å²) in [6, 6.07) is 12.3. The van der Waals surface area contributed by atoms with Gasteiger partial charge in [-0.1, -0.05) is 36.9 Å². The molecule has 0 saturated carbocycles. The Morgan fingerprint density at radius 2 is 1.69 bits per heavy atom. The lowest BCUT2D eigenvalue weighted by Crippen LogP contribution is -2.57. The van der Waals surface area contributed by atoms with Crippen LogP contribution in [0.2, 0.25) is 0 Å². The number of hydrogen-bond acceptors (Lipinski definition) is 11. The zero-order chi connectivity index (χ0) is 43.3. The fraction of sp³-hybridized carbons (Fsp3) is 0.522. The number of carbonyl (C=O) groups is 4. The van der Waals surface area contributed by atoms with Crippen molar-refractivity contribution in [2.75, 3.05) is 88.9 Å². The number of benzene rings is 3. The van der Waals surface area contributed by atoms with Crippen LogP contribution in [0.15, 0.2) is 55.1 Å². The average molecular weight is 874 g/mol. The van der Waals surface area contributed by atoms with Crippen LogP contribution in [0.5, 0.6) is 17.2 Å². The lowest BCUT2D eigenvalue weighted by Gasteiger charge is -2.42. The van der Waals surface area contributed by atoms with E-state index in [4.69, 9.17) is 40.0 Å². The summed E-state index contributed by atoms with van der Waals surface area (Å²) in [5, 5.41) is 1.67. The monoisotopic (exact) mass is 873 g/mol. The predicted octanol–water partition coefficient (Wildman–Crippen LogP) is 7.13.